The summed E-state index contributed by atoms with van der Waals surface area (Å²) >= 11 is 0. The summed E-state index contributed by atoms with van der Waals surface area (Å²) in [4.78, 5) is 0. The summed E-state index contributed by atoms with van der Waals surface area (Å²) in [5.74, 6) is 0.0295. The third-order valence-corrected chi connectivity index (χ3v) is 3.33. The second kappa shape index (κ2) is 5.02. The summed E-state index contributed by atoms with van der Waals surface area (Å²) in [5.41, 5.74) is 0.598. The van der Waals surface area contributed by atoms with E-state index in [1.54, 1.807) is 32.2 Å². The summed E-state index contributed by atoms with van der Waals surface area (Å²) in [6.45, 7) is 1.73. The Morgan fingerprint density at radius 1 is 1.41 bits per heavy atom. The molecule has 1 fully saturated rings. The Hall–Kier alpha value is -1.13. The Labute approximate surface area is 101 Å². The topological polar surface area (TPSA) is 30.5 Å². The van der Waals surface area contributed by atoms with Gasteiger partial charge in [-0.25, -0.2) is 4.39 Å². The van der Waals surface area contributed by atoms with Gasteiger partial charge in [-0.05, 0) is 25.6 Å². The molecule has 0 amide bonds. The van der Waals surface area contributed by atoms with Crippen LogP contribution in [-0.4, -0.2) is 32.4 Å². The first-order valence-corrected chi connectivity index (χ1v) is 5.79. The average Bonchev–Trinajstić information content (AvgIpc) is 2.29. The molecule has 3 nitrogen and oxygen atoms in total. The standard InChI is InChI=1S/C13H18FNO2/c1-8-5-4-6-10(12(8)14)17-11-7-9(15-2)13(11)16-3/h4-6,9,11,13,15H,7H2,1-3H3. The van der Waals surface area contributed by atoms with Crippen LogP contribution in [0.1, 0.15) is 12.0 Å². The number of halogens is 1. The van der Waals surface area contributed by atoms with E-state index in [2.05, 4.69) is 5.32 Å². The number of ether oxygens (including phenoxy) is 2. The van der Waals surface area contributed by atoms with E-state index in [1.165, 1.54) is 0 Å². The summed E-state index contributed by atoms with van der Waals surface area (Å²) in [6.07, 6.45) is 0.747. The normalized spacial score (nSPS) is 27.6. The molecule has 0 heterocycles. The van der Waals surface area contributed by atoms with Crippen molar-refractivity contribution in [1.29, 1.82) is 0 Å². The van der Waals surface area contributed by atoms with Gasteiger partial charge in [0.1, 0.15) is 12.2 Å². The lowest BCUT2D eigenvalue weighted by Gasteiger charge is -2.43. The van der Waals surface area contributed by atoms with E-state index in [0.717, 1.165) is 6.42 Å². The first kappa shape index (κ1) is 12.3. The molecule has 1 aliphatic carbocycles. The Balaban J connectivity index is 2.05. The highest BCUT2D eigenvalue weighted by Crippen LogP contribution is 2.30. The fraction of sp³-hybridized carbons (Fsp3) is 0.538. The lowest BCUT2D eigenvalue weighted by Crippen LogP contribution is -2.60. The first-order valence-electron chi connectivity index (χ1n) is 5.79. The molecule has 1 N–H and O–H groups in total. The molecular weight excluding hydrogens is 221 g/mol. The molecule has 0 bridgehead atoms. The second-order valence-electron chi connectivity index (χ2n) is 4.37. The van der Waals surface area contributed by atoms with E-state index in [9.17, 15) is 4.39 Å². The van der Waals surface area contributed by atoms with E-state index in [1.807, 2.05) is 7.05 Å². The van der Waals surface area contributed by atoms with Gasteiger partial charge in [-0.1, -0.05) is 12.1 Å². The molecule has 1 aromatic carbocycles. The molecule has 1 aromatic rings. The van der Waals surface area contributed by atoms with Gasteiger partial charge in [-0.2, -0.15) is 0 Å². The van der Waals surface area contributed by atoms with Crippen LogP contribution in [0.3, 0.4) is 0 Å². The molecule has 94 valence electrons. The summed E-state index contributed by atoms with van der Waals surface area (Å²) in [7, 11) is 3.54. The van der Waals surface area contributed by atoms with Crippen molar-refractivity contribution in [3.63, 3.8) is 0 Å². The first-order chi connectivity index (χ1) is 8.17. The Kier molecular flexibility index (Phi) is 3.64. The third-order valence-electron chi connectivity index (χ3n) is 3.33. The zero-order valence-corrected chi connectivity index (χ0v) is 10.4. The van der Waals surface area contributed by atoms with Crippen LogP contribution in [0.4, 0.5) is 4.39 Å². The minimum Gasteiger partial charge on any atom is -0.485 e. The van der Waals surface area contributed by atoms with Gasteiger partial charge in [0.25, 0.3) is 0 Å². The molecule has 2 rings (SSSR count). The molecule has 4 heteroatoms. The maximum atomic E-state index is 13.8. The SMILES string of the molecule is CNC1CC(Oc2cccc(C)c2F)C1OC. The molecule has 3 atom stereocenters. The van der Waals surface area contributed by atoms with Crippen molar-refractivity contribution >= 4 is 0 Å². The maximum absolute atomic E-state index is 13.8. The van der Waals surface area contributed by atoms with Crippen LogP contribution in [0.2, 0.25) is 0 Å². The van der Waals surface area contributed by atoms with E-state index in [-0.39, 0.29) is 24.1 Å². The van der Waals surface area contributed by atoms with Crippen LogP contribution in [0.5, 0.6) is 5.75 Å². The van der Waals surface area contributed by atoms with Crippen molar-refractivity contribution in [2.24, 2.45) is 0 Å². The molecule has 0 spiro atoms. The van der Waals surface area contributed by atoms with Crippen LogP contribution in [0, 0.1) is 12.7 Å². The number of hydrogen-bond donors (Lipinski definition) is 1. The molecule has 0 aromatic heterocycles. The molecule has 17 heavy (non-hydrogen) atoms. The molecule has 1 saturated carbocycles. The van der Waals surface area contributed by atoms with Crippen molar-refractivity contribution in [2.45, 2.75) is 31.6 Å². The van der Waals surface area contributed by atoms with Crippen molar-refractivity contribution < 1.29 is 13.9 Å². The van der Waals surface area contributed by atoms with Crippen LogP contribution >= 0.6 is 0 Å². The number of rotatable bonds is 4. The Morgan fingerprint density at radius 2 is 2.18 bits per heavy atom. The Bertz CT molecular complexity index is 397. The Morgan fingerprint density at radius 3 is 2.82 bits per heavy atom. The number of benzene rings is 1. The fourth-order valence-electron chi connectivity index (χ4n) is 2.17. The number of nitrogens with one attached hydrogen (secondary N) is 1. The number of likely N-dealkylation sites (N-methyl/N-ethyl adjacent to an activating group) is 1. The molecule has 0 saturated heterocycles. The molecule has 1 aliphatic rings. The van der Waals surface area contributed by atoms with Gasteiger partial charge in [-0.15, -0.1) is 0 Å². The highest BCUT2D eigenvalue weighted by atomic mass is 19.1. The molecule has 0 aliphatic heterocycles. The quantitative estimate of drug-likeness (QED) is 0.870. The smallest absolute Gasteiger partial charge is 0.167 e. The number of methoxy groups -OCH3 is 1. The van der Waals surface area contributed by atoms with E-state index in [0.29, 0.717) is 11.3 Å². The largest absolute Gasteiger partial charge is 0.485 e. The summed E-state index contributed by atoms with van der Waals surface area (Å²) in [5, 5.41) is 3.15. The lowest BCUT2D eigenvalue weighted by atomic mass is 9.85. The fourth-order valence-corrected chi connectivity index (χ4v) is 2.17. The van der Waals surface area contributed by atoms with Gasteiger partial charge in [-0.3, -0.25) is 0 Å². The molecule has 3 unspecified atom stereocenters. The predicted molar refractivity (Wildman–Crippen MR) is 63.8 cm³/mol. The minimum absolute atomic E-state index is 0.0140. The van der Waals surface area contributed by atoms with Crippen molar-refractivity contribution in [1.82, 2.24) is 5.32 Å². The zero-order valence-electron chi connectivity index (χ0n) is 10.4. The number of aryl methyl sites for hydroxylation is 1. The van der Waals surface area contributed by atoms with Crippen LogP contribution in [-0.2, 0) is 4.74 Å². The third kappa shape index (κ3) is 2.28. The van der Waals surface area contributed by atoms with Crippen molar-refractivity contribution in [3.8, 4) is 5.75 Å². The van der Waals surface area contributed by atoms with E-state index < -0.39 is 0 Å². The minimum atomic E-state index is -0.282. The van der Waals surface area contributed by atoms with Crippen LogP contribution in [0.15, 0.2) is 18.2 Å². The van der Waals surface area contributed by atoms with Crippen molar-refractivity contribution in [2.75, 3.05) is 14.2 Å². The van der Waals surface area contributed by atoms with Gasteiger partial charge in [0, 0.05) is 19.6 Å². The summed E-state index contributed by atoms with van der Waals surface area (Å²) < 4.78 is 24.7. The molecule has 0 radical (unpaired) electrons. The van der Waals surface area contributed by atoms with E-state index >= 15 is 0 Å². The second-order valence-corrected chi connectivity index (χ2v) is 4.37. The van der Waals surface area contributed by atoms with Gasteiger partial charge in [0.15, 0.2) is 11.6 Å². The van der Waals surface area contributed by atoms with Crippen LogP contribution in [0.25, 0.3) is 0 Å². The van der Waals surface area contributed by atoms with Gasteiger partial charge in [0.2, 0.25) is 0 Å². The summed E-state index contributed by atoms with van der Waals surface area (Å²) in [6, 6.07) is 5.47. The van der Waals surface area contributed by atoms with Gasteiger partial charge in [0.05, 0.1) is 0 Å². The predicted octanol–water partition coefficient (Wildman–Crippen LogP) is 1.89. The zero-order chi connectivity index (χ0) is 12.4. The monoisotopic (exact) mass is 239 g/mol. The maximum Gasteiger partial charge on any atom is 0.167 e. The highest BCUT2D eigenvalue weighted by Gasteiger charge is 2.42. The van der Waals surface area contributed by atoms with Crippen molar-refractivity contribution in [3.05, 3.63) is 29.6 Å². The number of hydrogen-bond acceptors (Lipinski definition) is 3. The van der Waals surface area contributed by atoms with Gasteiger partial charge >= 0.3 is 0 Å². The van der Waals surface area contributed by atoms with Crippen LogP contribution < -0.4 is 10.1 Å². The average molecular weight is 239 g/mol. The van der Waals surface area contributed by atoms with Gasteiger partial charge < -0.3 is 14.8 Å². The molecular formula is C13H18FNO2. The van der Waals surface area contributed by atoms with E-state index in [4.69, 9.17) is 9.47 Å². The highest BCUT2D eigenvalue weighted by molar-refractivity contribution is 5.30. The lowest BCUT2D eigenvalue weighted by molar-refractivity contribution is -0.0880.